The third kappa shape index (κ3) is 6.67. The van der Waals surface area contributed by atoms with Crippen molar-refractivity contribution in [2.45, 2.75) is 37.7 Å². The van der Waals surface area contributed by atoms with Crippen molar-refractivity contribution in [2.75, 3.05) is 32.1 Å². The maximum atomic E-state index is 13.7. The van der Waals surface area contributed by atoms with Crippen LogP contribution >= 0.6 is 0 Å². The second kappa shape index (κ2) is 12.3. The van der Waals surface area contributed by atoms with Gasteiger partial charge in [-0.3, -0.25) is 14.7 Å². The molecule has 1 aliphatic heterocycles. The van der Waals surface area contributed by atoms with Gasteiger partial charge in [-0.25, -0.2) is 13.4 Å². The van der Waals surface area contributed by atoms with Crippen molar-refractivity contribution in [3.05, 3.63) is 90.1 Å². The quantitative estimate of drug-likeness (QED) is 0.287. The molecule has 214 valence electrons. The van der Waals surface area contributed by atoms with Crippen LogP contribution in [0, 0.1) is 13.8 Å². The van der Waals surface area contributed by atoms with Gasteiger partial charge >= 0.3 is 0 Å². The Hall–Kier alpha value is -3.99. The smallest absolute Gasteiger partial charge is 0.243 e. The van der Waals surface area contributed by atoms with Crippen LogP contribution in [0.25, 0.3) is 16.9 Å². The van der Waals surface area contributed by atoms with E-state index in [1.165, 1.54) is 23.5 Å². The molecule has 1 aliphatic rings. The molecule has 41 heavy (non-hydrogen) atoms. The van der Waals surface area contributed by atoms with Crippen molar-refractivity contribution in [3.63, 3.8) is 0 Å². The Morgan fingerprint density at radius 1 is 1.02 bits per heavy atom. The molecule has 0 aliphatic carbocycles. The first-order valence-electron chi connectivity index (χ1n) is 13.5. The summed E-state index contributed by atoms with van der Waals surface area (Å²) in [7, 11) is -2.48. The molecule has 1 saturated heterocycles. The SMILES string of the molecule is COc1ccc(S(=O)(=O)N(CC(=O)Nc2nc(-c3ccc(C)cc3)cn2-c2ccc(C)cc2)CC2CCCO2)cc1. The largest absolute Gasteiger partial charge is 0.497 e. The number of methoxy groups -OCH3 is 1. The van der Waals surface area contributed by atoms with Gasteiger partial charge in [0.25, 0.3) is 0 Å². The van der Waals surface area contributed by atoms with Crippen molar-refractivity contribution >= 4 is 21.9 Å². The lowest BCUT2D eigenvalue weighted by Crippen LogP contribution is -2.42. The minimum absolute atomic E-state index is 0.0722. The molecule has 1 unspecified atom stereocenters. The van der Waals surface area contributed by atoms with E-state index >= 15 is 0 Å². The van der Waals surface area contributed by atoms with Crippen molar-refractivity contribution < 1.29 is 22.7 Å². The number of sulfonamides is 1. The fourth-order valence-corrected chi connectivity index (χ4v) is 6.15. The monoisotopic (exact) mass is 574 g/mol. The van der Waals surface area contributed by atoms with E-state index in [9.17, 15) is 13.2 Å². The van der Waals surface area contributed by atoms with Gasteiger partial charge in [-0.05, 0) is 63.1 Å². The topological polar surface area (TPSA) is 103 Å². The third-order valence-corrected chi connectivity index (χ3v) is 8.89. The van der Waals surface area contributed by atoms with E-state index in [2.05, 4.69) is 5.32 Å². The van der Waals surface area contributed by atoms with Gasteiger partial charge in [0.2, 0.25) is 21.9 Å². The van der Waals surface area contributed by atoms with Crippen LogP contribution in [0.15, 0.2) is 83.9 Å². The van der Waals surface area contributed by atoms with E-state index in [4.69, 9.17) is 14.5 Å². The van der Waals surface area contributed by atoms with Crippen molar-refractivity contribution in [1.82, 2.24) is 13.9 Å². The molecule has 0 bridgehead atoms. The summed E-state index contributed by atoms with van der Waals surface area (Å²) in [4.78, 5) is 18.3. The second-order valence-corrected chi connectivity index (χ2v) is 12.1. The lowest BCUT2D eigenvalue weighted by atomic mass is 10.1. The molecule has 4 aromatic rings. The zero-order chi connectivity index (χ0) is 29.0. The van der Waals surface area contributed by atoms with Crippen molar-refractivity contribution in [3.8, 4) is 22.7 Å². The highest BCUT2D eigenvalue weighted by atomic mass is 32.2. The molecule has 3 aromatic carbocycles. The summed E-state index contributed by atoms with van der Waals surface area (Å²) in [6, 6.07) is 22.0. The van der Waals surface area contributed by atoms with Gasteiger partial charge < -0.3 is 9.47 Å². The van der Waals surface area contributed by atoms with Crippen LogP contribution in [0.5, 0.6) is 5.75 Å². The summed E-state index contributed by atoms with van der Waals surface area (Å²) in [5, 5.41) is 2.87. The van der Waals surface area contributed by atoms with Gasteiger partial charge in [0.1, 0.15) is 5.75 Å². The summed E-state index contributed by atoms with van der Waals surface area (Å²) < 4.78 is 41.2. The molecule has 0 radical (unpaired) electrons. The average molecular weight is 575 g/mol. The molecule has 9 nitrogen and oxygen atoms in total. The Balaban J connectivity index is 1.44. The lowest BCUT2D eigenvalue weighted by molar-refractivity contribution is -0.116. The van der Waals surface area contributed by atoms with Gasteiger partial charge in [-0.2, -0.15) is 4.31 Å². The number of nitrogens with zero attached hydrogens (tertiary/aromatic N) is 3. The maximum Gasteiger partial charge on any atom is 0.243 e. The fourth-order valence-electron chi connectivity index (χ4n) is 4.72. The number of benzene rings is 3. The predicted molar refractivity (Wildman–Crippen MR) is 158 cm³/mol. The molecule has 1 fully saturated rings. The van der Waals surface area contributed by atoms with Gasteiger partial charge in [0.15, 0.2) is 0 Å². The van der Waals surface area contributed by atoms with Gasteiger partial charge in [-0.1, -0.05) is 47.5 Å². The van der Waals surface area contributed by atoms with Crippen LogP contribution in [-0.4, -0.2) is 61.1 Å². The van der Waals surface area contributed by atoms with E-state index in [0.717, 1.165) is 35.2 Å². The molecule has 5 rings (SSSR count). The van der Waals surface area contributed by atoms with Gasteiger partial charge in [-0.15, -0.1) is 0 Å². The van der Waals surface area contributed by atoms with Crippen LogP contribution in [-0.2, 0) is 19.6 Å². The molecule has 1 amide bonds. The second-order valence-electron chi connectivity index (χ2n) is 10.2. The van der Waals surface area contributed by atoms with Gasteiger partial charge in [0.05, 0.1) is 30.3 Å². The molecule has 1 aromatic heterocycles. The zero-order valence-corrected chi connectivity index (χ0v) is 24.2. The number of rotatable bonds is 10. The summed E-state index contributed by atoms with van der Waals surface area (Å²) in [6.45, 7) is 4.27. The molecule has 1 N–H and O–H groups in total. The average Bonchev–Trinajstić information content (AvgIpc) is 3.64. The number of ether oxygens (including phenoxy) is 2. The minimum atomic E-state index is -4.00. The van der Waals surface area contributed by atoms with Crippen molar-refractivity contribution in [1.29, 1.82) is 0 Å². The summed E-state index contributed by atoms with van der Waals surface area (Å²) in [5.74, 6) is 0.336. The highest BCUT2D eigenvalue weighted by Crippen LogP contribution is 2.26. The molecule has 10 heteroatoms. The number of nitrogens with one attached hydrogen (secondary N) is 1. The molecule has 0 spiro atoms. The number of amides is 1. The molecular formula is C31H34N4O5S. The van der Waals surface area contributed by atoms with Gasteiger partial charge in [0, 0.05) is 30.6 Å². The van der Waals surface area contributed by atoms with Crippen LogP contribution < -0.4 is 10.1 Å². The van der Waals surface area contributed by atoms with Crippen LogP contribution in [0.4, 0.5) is 5.95 Å². The Kier molecular flexibility index (Phi) is 8.53. The first-order chi connectivity index (χ1) is 19.7. The Morgan fingerprint density at radius 2 is 1.68 bits per heavy atom. The van der Waals surface area contributed by atoms with Crippen molar-refractivity contribution in [2.24, 2.45) is 0 Å². The number of imidazole rings is 1. The Labute approximate surface area is 240 Å². The number of aryl methyl sites for hydroxylation is 2. The summed E-state index contributed by atoms with van der Waals surface area (Å²) in [6.07, 6.45) is 3.17. The first kappa shape index (κ1) is 28.5. The normalized spacial score (nSPS) is 15.3. The molecule has 2 heterocycles. The van der Waals surface area contributed by atoms with E-state index < -0.39 is 22.5 Å². The van der Waals surface area contributed by atoms with Crippen LogP contribution in [0.3, 0.4) is 0 Å². The summed E-state index contributed by atoms with van der Waals surface area (Å²) in [5.41, 5.74) is 4.64. The Bertz CT molecular complexity index is 1590. The first-order valence-corrected chi connectivity index (χ1v) is 15.0. The minimum Gasteiger partial charge on any atom is -0.497 e. The maximum absolute atomic E-state index is 13.7. The predicted octanol–water partition coefficient (Wildman–Crippen LogP) is 4.97. The number of aromatic nitrogens is 2. The third-order valence-electron chi connectivity index (χ3n) is 7.07. The standard InChI is InChI=1S/C31H34N4O5S/c1-22-6-10-24(11-7-22)29-20-35(25-12-8-23(2)9-13-25)31(32-29)33-30(36)21-34(19-27-5-4-18-40-27)41(37,38)28-16-14-26(39-3)15-17-28/h6-17,20,27H,4-5,18-19,21H2,1-3H3,(H,32,33,36). The number of carbonyl (C=O) groups is 1. The molecular weight excluding hydrogens is 540 g/mol. The molecule has 0 saturated carbocycles. The highest BCUT2D eigenvalue weighted by molar-refractivity contribution is 7.89. The highest BCUT2D eigenvalue weighted by Gasteiger charge is 2.31. The number of hydrogen-bond donors (Lipinski definition) is 1. The van der Waals surface area contributed by atoms with E-state index in [-0.39, 0.29) is 17.5 Å². The number of hydrogen-bond acceptors (Lipinski definition) is 6. The van der Waals surface area contributed by atoms with E-state index in [1.807, 2.05) is 68.6 Å². The summed E-state index contributed by atoms with van der Waals surface area (Å²) >= 11 is 0. The fraction of sp³-hybridized carbons (Fsp3) is 0.290. The Morgan fingerprint density at radius 3 is 2.29 bits per heavy atom. The van der Waals surface area contributed by atoms with E-state index in [1.54, 1.807) is 16.7 Å². The zero-order valence-electron chi connectivity index (χ0n) is 23.4. The number of carbonyl (C=O) groups excluding carboxylic acids is 1. The molecule has 1 atom stereocenters. The van der Waals surface area contributed by atoms with Crippen LogP contribution in [0.1, 0.15) is 24.0 Å². The number of anilines is 1. The van der Waals surface area contributed by atoms with E-state index in [0.29, 0.717) is 24.0 Å². The van der Waals surface area contributed by atoms with Crippen LogP contribution in [0.2, 0.25) is 0 Å². The lowest BCUT2D eigenvalue weighted by Gasteiger charge is -2.24.